The number of anilines is 1. The number of nitrogens with zero attached hydrogens (tertiary/aromatic N) is 3. The van der Waals surface area contributed by atoms with Gasteiger partial charge in [0.2, 0.25) is 0 Å². The Hall–Kier alpha value is -2.96. The van der Waals surface area contributed by atoms with Crippen molar-refractivity contribution >= 4 is 17.7 Å². The van der Waals surface area contributed by atoms with Crippen LogP contribution >= 0.6 is 0 Å². The molecule has 6 nitrogen and oxygen atoms in total. The van der Waals surface area contributed by atoms with Gasteiger partial charge in [0, 0.05) is 37.9 Å². The molecule has 0 spiro atoms. The molecule has 7 heteroatoms. The molecule has 1 aromatic heterocycles. The number of benzene rings is 1. The molecule has 27 heavy (non-hydrogen) atoms. The Morgan fingerprint density at radius 3 is 2.52 bits per heavy atom. The fourth-order valence-corrected chi connectivity index (χ4v) is 3.04. The van der Waals surface area contributed by atoms with Gasteiger partial charge in [-0.1, -0.05) is 6.07 Å². The van der Waals surface area contributed by atoms with Crippen LogP contribution in [0, 0.1) is 12.7 Å². The van der Waals surface area contributed by atoms with Crippen LogP contribution in [0.3, 0.4) is 0 Å². The first-order valence-electron chi connectivity index (χ1n) is 8.93. The molecule has 0 aliphatic carbocycles. The van der Waals surface area contributed by atoms with E-state index < -0.39 is 11.8 Å². The number of aryl methyl sites for hydroxylation is 1. The average molecular weight is 371 g/mol. The number of aromatic nitrogens is 1. The van der Waals surface area contributed by atoms with Crippen LogP contribution in [0.2, 0.25) is 0 Å². The van der Waals surface area contributed by atoms with E-state index in [-0.39, 0.29) is 5.91 Å². The first-order valence-corrected chi connectivity index (χ1v) is 8.93. The van der Waals surface area contributed by atoms with Crippen LogP contribution in [0.15, 0.2) is 36.5 Å². The normalized spacial score (nSPS) is 14.2. The maximum Gasteiger partial charge on any atom is 0.339 e. The summed E-state index contributed by atoms with van der Waals surface area (Å²) in [6, 6.07) is 7.73. The number of esters is 1. The third-order valence-corrected chi connectivity index (χ3v) is 4.58. The smallest absolute Gasteiger partial charge is 0.339 e. The fraction of sp³-hybridized carbons (Fsp3) is 0.350. The summed E-state index contributed by atoms with van der Waals surface area (Å²) in [5, 5.41) is 0. The van der Waals surface area contributed by atoms with Crippen molar-refractivity contribution in [2.75, 3.05) is 37.7 Å². The standard InChI is InChI=1S/C20H22FN3O3/c1-3-27-20(26)15-5-7-18(22-13-15)23-8-10-24(11-9-23)19(25)17-12-16(21)6-4-14(17)2/h4-7,12-13H,3,8-11H2,1-2H3. The lowest BCUT2D eigenvalue weighted by molar-refractivity contribution is 0.0525. The number of rotatable bonds is 4. The predicted molar refractivity (Wildman–Crippen MR) is 99.4 cm³/mol. The maximum atomic E-state index is 13.5. The molecule has 0 unspecified atom stereocenters. The minimum atomic E-state index is -0.409. The van der Waals surface area contributed by atoms with Gasteiger partial charge in [-0.15, -0.1) is 0 Å². The molecule has 1 amide bonds. The highest BCUT2D eigenvalue weighted by Gasteiger charge is 2.24. The fourth-order valence-electron chi connectivity index (χ4n) is 3.04. The van der Waals surface area contributed by atoms with E-state index in [0.717, 1.165) is 11.4 Å². The monoisotopic (exact) mass is 371 g/mol. The third kappa shape index (κ3) is 4.24. The maximum absolute atomic E-state index is 13.5. The van der Waals surface area contributed by atoms with Gasteiger partial charge in [0.15, 0.2) is 0 Å². The van der Waals surface area contributed by atoms with Crippen molar-refractivity contribution in [1.29, 1.82) is 0 Å². The van der Waals surface area contributed by atoms with Crippen molar-refractivity contribution in [3.8, 4) is 0 Å². The Balaban J connectivity index is 1.62. The number of halogens is 1. The number of amides is 1. The van der Waals surface area contributed by atoms with Crippen molar-refractivity contribution in [3.05, 3.63) is 59.0 Å². The van der Waals surface area contributed by atoms with Gasteiger partial charge in [0.05, 0.1) is 12.2 Å². The molecule has 0 saturated carbocycles. The number of carbonyl (C=O) groups excluding carboxylic acids is 2. The highest BCUT2D eigenvalue weighted by atomic mass is 19.1. The van der Waals surface area contributed by atoms with E-state index >= 15 is 0 Å². The molecule has 2 aromatic rings. The average Bonchev–Trinajstić information content (AvgIpc) is 2.70. The Morgan fingerprint density at radius 1 is 1.15 bits per heavy atom. The molecule has 3 rings (SSSR count). The second kappa shape index (κ2) is 8.16. The SMILES string of the molecule is CCOC(=O)c1ccc(N2CCN(C(=O)c3cc(F)ccc3C)CC2)nc1. The molecule has 0 bridgehead atoms. The van der Waals surface area contributed by atoms with E-state index in [2.05, 4.69) is 9.88 Å². The van der Waals surface area contributed by atoms with Gasteiger partial charge in [0.25, 0.3) is 5.91 Å². The molecule has 1 fully saturated rings. The first-order chi connectivity index (χ1) is 13.0. The summed E-state index contributed by atoms with van der Waals surface area (Å²) in [6.07, 6.45) is 1.50. The van der Waals surface area contributed by atoms with Crippen LogP contribution in [0.1, 0.15) is 33.2 Å². The van der Waals surface area contributed by atoms with Crippen LogP contribution in [-0.4, -0.2) is 54.5 Å². The van der Waals surface area contributed by atoms with E-state index in [1.807, 2.05) is 0 Å². The zero-order valence-corrected chi connectivity index (χ0v) is 15.4. The minimum Gasteiger partial charge on any atom is -0.462 e. The number of hydrogen-bond donors (Lipinski definition) is 0. The summed E-state index contributed by atoms with van der Waals surface area (Å²) >= 11 is 0. The lowest BCUT2D eigenvalue weighted by Gasteiger charge is -2.35. The molecule has 0 radical (unpaired) electrons. The summed E-state index contributed by atoms with van der Waals surface area (Å²) in [5.74, 6) is -0.208. The summed E-state index contributed by atoms with van der Waals surface area (Å²) in [7, 11) is 0. The Labute approximate surface area is 157 Å². The van der Waals surface area contributed by atoms with Crippen molar-refractivity contribution in [1.82, 2.24) is 9.88 Å². The Bertz CT molecular complexity index is 831. The topological polar surface area (TPSA) is 62.7 Å². The molecule has 1 aromatic carbocycles. The molecule has 0 N–H and O–H groups in total. The second-order valence-corrected chi connectivity index (χ2v) is 6.36. The summed E-state index contributed by atoms with van der Waals surface area (Å²) < 4.78 is 18.4. The quantitative estimate of drug-likeness (QED) is 0.774. The highest BCUT2D eigenvalue weighted by Crippen LogP contribution is 2.18. The second-order valence-electron chi connectivity index (χ2n) is 6.36. The first kappa shape index (κ1) is 18.8. The molecular weight excluding hydrogens is 349 g/mol. The van der Waals surface area contributed by atoms with Crippen LogP contribution < -0.4 is 4.90 Å². The van der Waals surface area contributed by atoms with Gasteiger partial charge < -0.3 is 14.5 Å². The van der Waals surface area contributed by atoms with Crippen LogP contribution in [-0.2, 0) is 4.74 Å². The third-order valence-electron chi connectivity index (χ3n) is 4.58. The lowest BCUT2D eigenvalue weighted by Crippen LogP contribution is -2.49. The Morgan fingerprint density at radius 2 is 1.89 bits per heavy atom. The molecule has 0 atom stereocenters. The van der Waals surface area contributed by atoms with Crippen LogP contribution in [0.25, 0.3) is 0 Å². The van der Waals surface area contributed by atoms with Crippen molar-refractivity contribution in [2.45, 2.75) is 13.8 Å². The van der Waals surface area contributed by atoms with Gasteiger partial charge in [-0.05, 0) is 43.7 Å². The van der Waals surface area contributed by atoms with Crippen molar-refractivity contribution < 1.29 is 18.7 Å². The van der Waals surface area contributed by atoms with Crippen LogP contribution in [0.5, 0.6) is 0 Å². The molecular formula is C20H22FN3O3. The van der Waals surface area contributed by atoms with Gasteiger partial charge in [0.1, 0.15) is 11.6 Å². The van der Waals surface area contributed by atoms with Gasteiger partial charge in [-0.3, -0.25) is 4.79 Å². The summed E-state index contributed by atoms with van der Waals surface area (Å²) in [5.41, 5.74) is 1.58. The predicted octanol–water partition coefficient (Wildman–Crippen LogP) is 2.67. The summed E-state index contributed by atoms with van der Waals surface area (Å²) in [4.78, 5) is 32.5. The highest BCUT2D eigenvalue weighted by molar-refractivity contribution is 5.95. The number of ether oxygens (including phenoxy) is 1. The van der Waals surface area contributed by atoms with Gasteiger partial charge in [-0.25, -0.2) is 14.2 Å². The number of pyridine rings is 1. The van der Waals surface area contributed by atoms with E-state index in [1.54, 1.807) is 36.9 Å². The Kier molecular flexibility index (Phi) is 5.69. The largest absolute Gasteiger partial charge is 0.462 e. The molecule has 2 heterocycles. The van der Waals surface area contributed by atoms with E-state index in [1.165, 1.54) is 18.3 Å². The van der Waals surface area contributed by atoms with Crippen LogP contribution in [0.4, 0.5) is 10.2 Å². The van der Waals surface area contributed by atoms with E-state index in [9.17, 15) is 14.0 Å². The summed E-state index contributed by atoms with van der Waals surface area (Å²) in [6.45, 7) is 6.16. The molecule has 1 saturated heterocycles. The van der Waals surface area contributed by atoms with E-state index in [0.29, 0.717) is 43.9 Å². The van der Waals surface area contributed by atoms with Gasteiger partial charge >= 0.3 is 5.97 Å². The minimum absolute atomic E-state index is 0.155. The van der Waals surface area contributed by atoms with Gasteiger partial charge in [-0.2, -0.15) is 0 Å². The number of carbonyl (C=O) groups is 2. The zero-order valence-electron chi connectivity index (χ0n) is 15.4. The molecule has 1 aliphatic rings. The molecule has 1 aliphatic heterocycles. The number of hydrogen-bond acceptors (Lipinski definition) is 5. The number of piperazine rings is 1. The zero-order chi connectivity index (χ0) is 19.4. The van der Waals surface area contributed by atoms with E-state index in [4.69, 9.17) is 4.74 Å². The molecule has 142 valence electrons. The lowest BCUT2D eigenvalue weighted by atomic mass is 10.1. The van der Waals surface area contributed by atoms with Crippen molar-refractivity contribution in [3.63, 3.8) is 0 Å². The van der Waals surface area contributed by atoms with Crippen molar-refractivity contribution in [2.24, 2.45) is 0 Å².